The van der Waals surface area contributed by atoms with Gasteiger partial charge in [0.25, 0.3) is 0 Å². The van der Waals surface area contributed by atoms with Crippen LogP contribution in [0.15, 0.2) is 35.3 Å². The predicted molar refractivity (Wildman–Crippen MR) is 131 cm³/mol. The standard InChI is InChI=1S/C27H32F2N4/c1-8-15-11-10-12-16(9-2)22(15)33-23(17-13-19(29)20(30)14-18(17)28)21-24(26(3,4)5)31-27(6,7)25(21)32-33/h10-14H,8-9,30H2,1-7H3. The Morgan fingerprint density at radius 1 is 1.00 bits per heavy atom. The lowest BCUT2D eigenvalue weighted by Crippen LogP contribution is -2.21. The Morgan fingerprint density at radius 2 is 1.61 bits per heavy atom. The summed E-state index contributed by atoms with van der Waals surface area (Å²) in [7, 11) is 0. The first kappa shape index (κ1) is 23.1. The molecule has 2 heterocycles. The van der Waals surface area contributed by atoms with E-state index in [2.05, 4.69) is 46.8 Å². The second-order valence-electron chi connectivity index (χ2n) is 10.2. The second-order valence-corrected chi connectivity index (χ2v) is 10.2. The molecule has 0 saturated carbocycles. The maximum absolute atomic E-state index is 15.4. The van der Waals surface area contributed by atoms with Crippen LogP contribution in [0.1, 0.15) is 70.9 Å². The van der Waals surface area contributed by atoms with Crippen molar-refractivity contribution in [3.05, 3.63) is 64.4 Å². The minimum absolute atomic E-state index is 0.137. The molecule has 0 radical (unpaired) electrons. The van der Waals surface area contributed by atoms with E-state index in [1.165, 1.54) is 6.07 Å². The van der Waals surface area contributed by atoms with Gasteiger partial charge in [-0.15, -0.1) is 0 Å². The van der Waals surface area contributed by atoms with Gasteiger partial charge in [0.05, 0.1) is 34.0 Å². The smallest absolute Gasteiger partial charge is 0.146 e. The molecular weight excluding hydrogens is 418 g/mol. The topological polar surface area (TPSA) is 56.2 Å². The number of benzene rings is 2. The molecule has 2 aromatic carbocycles. The average Bonchev–Trinajstić information content (AvgIpc) is 3.25. The summed E-state index contributed by atoms with van der Waals surface area (Å²) in [6.45, 7) is 14.4. The highest BCUT2D eigenvalue weighted by Gasteiger charge is 2.43. The van der Waals surface area contributed by atoms with E-state index < -0.39 is 17.2 Å². The zero-order valence-electron chi connectivity index (χ0n) is 20.5. The molecule has 0 spiro atoms. The van der Waals surface area contributed by atoms with Crippen LogP contribution in [0, 0.1) is 17.0 Å². The fourth-order valence-corrected chi connectivity index (χ4v) is 4.64. The van der Waals surface area contributed by atoms with E-state index in [0.29, 0.717) is 5.69 Å². The van der Waals surface area contributed by atoms with Crippen LogP contribution in [0.4, 0.5) is 14.5 Å². The molecule has 1 aromatic heterocycles. The summed E-state index contributed by atoms with van der Waals surface area (Å²) in [5, 5.41) is 5.05. The molecule has 33 heavy (non-hydrogen) atoms. The summed E-state index contributed by atoms with van der Waals surface area (Å²) in [6, 6.07) is 8.40. The van der Waals surface area contributed by atoms with Crippen LogP contribution in [0.2, 0.25) is 0 Å². The minimum Gasteiger partial charge on any atom is -0.396 e. The van der Waals surface area contributed by atoms with Crippen LogP contribution in [-0.2, 0) is 18.4 Å². The SMILES string of the molecule is CCc1cccc(CC)c1-n1nc2c(c1-c1cc(F)c(N)cc1F)C(C(C)(C)C)=NC2(C)C. The fourth-order valence-electron chi connectivity index (χ4n) is 4.64. The highest BCUT2D eigenvalue weighted by atomic mass is 19.1. The molecule has 0 saturated heterocycles. The maximum atomic E-state index is 15.4. The lowest BCUT2D eigenvalue weighted by Gasteiger charge is -2.23. The van der Waals surface area contributed by atoms with E-state index in [9.17, 15) is 4.39 Å². The van der Waals surface area contributed by atoms with Crippen LogP contribution < -0.4 is 5.73 Å². The van der Waals surface area contributed by atoms with Crippen LogP contribution in [0.25, 0.3) is 16.9 Å². The van der Waals surface area contributed by atoms with Gasteiger partial charge < -0.3 is 5.73 Å². The molecule has 0 unspecified atom stereocenters. The van der Waals surface area contributed by atoms with Gasteiger partial charge in [-0.05, 0) is 43.9 Å². The summed E-state index contributed by atoms with van der Waals surface area (Å²) in [6.07, 6.45) is 1.57. The molecule has 0 aliphatic carbocycles. The van der Waals surface area contributed by atoms with Gasteiger partial charge in [0.2, 0.25) is 0 Å². The van der Waals surface area contributed by atoms with Gasteiger partial charge in [-0.25, -0.2) is 13.5 Å². The third kappa shape index (κ3) is 3.65. The van der Waals surface area contributed by atoms with Gasteiger partial charge in [-0.1, -0.05) is 52.8 Å². The molecule has 174 valence electrons. The Labute approximate surface area is 194 Å². The van der Waals surface area contributed by atoms with Crippen molar-refractivity contribution in [2.75, 3.05) is 5.73 Å². The van der Waals surface area contributed by atoms with Crippen molar-refractivity contribution in [2.45, 2.75) is 66.8 Å². The molecule has 1 aliphatic heterocycles. The van der Waals surface area contributed by atoms with Crippen molar-refractivity contribution in [3.63, 3.8) is 0 Å². The molecule has 3 aromatic rings. The number of aliphatic imine (C=N–C) groups is 1. The molecule has 1 aliphatic rings. The number of aromatic nitrogens is 2. The molecule has 0 bridgehead atoms. The van der Waals surface area contributed by atoms with E-state index >= 15 is 4.39 Å². The number of nitrogens with two attached hydrogens (primary N) is 1. The second kappa shape index (κ2) is 7.79. The summed E-state index contributed by atoms with van der Waals surface area (Å²) >= 11 is 0. The van der Waals surface area contributed by atoms with Crippen molar-refractivity contribution >= 4 is 11.4 Å². The van der Waals surface area contributed by atoms with Gasteiger partial charge >= 0.3 is 0 Å². The van der Waals surface area contributed by atoms with Crippen molar-refractivity contribution in [2.24, 2.45) is 10.4 Å². The van der Waals surface area contributed by atoms with Gasteiger partial charge in [0.1, 0.15) is 11.6 Å². The van der Waals surface area contributed by atoms with E-state index in [1.807, 2.05) is 24.6 Å². The number of rotatable bonds is 4. The molecule has 6 heteroatoms. The Bertz CT molecular complexity index is 1250. The number of para-hydroxylation sites is 1. The number of hydrogen-bond acceptors (Lipinski definition) is 3. The molecule has 4 nitrogen and oxygen atoms in total. The Morgan fingerprint density at radius 3 is 2.15 bits per heavy atom. The number of hydrogen-bond donors (Lipinski definition) is 1. The summed E-state index contributed by atoms with van der Waals surface area (Å²) < 4.78 is 31.9. The van der Waals surface area contributed by atoms with E-state index in [4.69, 9.17) is 15.8 Å². The Balaban J connectivity index is 2.19. The van der Waals surface area contributed by atoms with E-state index in [-0.39, 0.29) is 16.7 Å². The zero-order chi connectivity index (χ0) is 24.3. The first-order valence-electron chi connectivity index (χ1n) is 11.5. The monoisotopic (exact) mass is 450 g/mol. The largest absolute Gasteiger partial charge is 0.396 e. The van der Waals surface area contributed by atoms with Crippen LogP contribution in [0.3, 0.4) is 0 Å². The fraction of sp³-hybridized carbons (Fsp3) is 0.407. The maximum Gasteiger partial charge on any atom is 0.146 e. The van der Waals surface area contributed by atoms with Crippen molar-refractivity contribution in [1.29, 1.82) is 0 Å². The van der Waals surface area contributed by atoms with Crippen LogP contribution >= 0.6 is 0 Å². The zero-order valence-corrected chi connectivity index (χ0v) is 20.5. The van der Waals surface area contributed by atoms with Crippen LogP contribution in [0.5, 0.6) is 0 Å². The third-order valence-electron chi connectivity index (χ3n) is 6.32. The lowest BCUT2D eigenvalue weighted by molar-refractivity contribution is 0.528. The minimum atomic E-state index is -0.654. The normalized spacial score (nSPS) is 15.0. The number of halogens is 2. The number of nitrogens with zero attached hydrogens (tertiary/aromatic N) is 3. The molecule has 4 rings (SSSR count). The van der Waals surface area contributed by atoms with Crippen molar-refractivity contribution < 1.29 is 8.78 Å². The van der Waals surface area contributed by atoms with E-state index in [1.54, 1.807) is 0 Å². The highest BCUT2D eigenvalue weighted by molar-refractivity contribution is 6.12. The highest BCUT2D eigenvalue weighted by Crippen LogP contribution is 2.46. The first-order valence-corrected chi connectivity index (χ1v) is 11.5. The van der Waals surface area contributed by atoms with E-state index in [0.717, 1.165) is 52.7 Å². The van der Waals surface area contributed by atoms with Gasteiger partial charge in [-0.3, -0.25) is 4.99 Å². The van der Waals surface area contributed by atoms with Crippen molar-refractivity contribution in [3.8, 4) is 16.9 Å². The number of anilines is 1. The Kier molecular flexibility index (Phi) is 5.46. The number of fused-ring (bicyclic) bond motifs is 1. The van der Waals surface area contributed by atoms with Gasteiger partial charge in [0.15, 0.2) is 0 Å². The average molecular weight is 451 g/mol. The number of aryl methyl sites for hydroxylation is 2. The predicted octanol–water partition coefficient (Wildman–Crippen LogP) is 6.61. The summed E-state index contributed by atoms with van der Waals surface area (Å²) in [5.41, 5.74) is 10.7. The summed E-state index contributed by atoms with van der Waals surface area (Å²) in [5.74, 6) is -1.23. The van der Waals surface area contributed by atoms with Gasteiger partial charge in [-0.2, -0.15) is 5.10 Å². The number of nitrogen functional groups attached to an aromatic ring is 1. The van der Waals surface area contributed by atoms with Gasteiger partial charge in [0, 0.05) is 22.6 Å². The molecule has 2 N–H and O–H groups in total. The third-order valence-corrected chi connectivity index (χ3v) is 6.32. The molecular formula is C27H32F2N4. The Hall–Kier alpha value is -3.02. The lowest BCUT2D eigenvalue weighted by atomic mass is 9.84. The molecule has 0 fully saturated rings. The quantitative estimate of drug-likeness (QED) is 0.455. The summed E-state index contributed by atoms with van der Waals surface area (Å²) in [4.78, 5) is 5.00. The molecule has 0 amide bonds. The van der Waals surface area contributed by atoms with Crippen LogP contribution in [-0.4, -0.2) is 15.5 Å². The molecule has 0 atom stereocenters. The van der Waals surface area contributed by atoms with Crippen molar-refractivity contribution in [1.82, 2.24) is 9.78 Å². The first-order chi connectivity index (χ1) is 15.4.